The predicted octanol–water partition coefficient (Wildman–Crippen LogP) is 3.44. The van der Waals surface area contributed by atoms with Gasteiger partial charge < -0.3 is 5.11 Å². The number of allylic oxidation sites excluding steroid dienone is 1. The first kappa shape index (κ1) is 11.0. The molecule has 0 heterocycles. The van der Waals surface area contributed by atoms with Crippen LogP contribution in [0.25, 0.3) is 0 Å². The molecule has 14 heavy (non-hydrogen) atoms. The van der Waals surface area contributed by atoms with Gasteiger partial charge in [0, 0.05) is 4.47 Å². The third-order valence-corrected chi connectivity index (χ3v) is 2.58. The average molecular weight is 255 g/mol. The summed E-state index contributed by atoms with van der Waals surface area (Å²) < 4.78 is 0.881. The van der Waals surface area contributed by atoms with Crippen molar-refractivity contribution in [3.8, 4) is 0 Å². The molecule has 0 spiro atoms. The number of hydrogen-bond donors (Lipinski definition) is 1. The molecule has 1 N–H and O–H groups in total. The second kappa shape index (κ2) is 4.42. The van der Waals surface area contributed by atoms with Gasteiger partial charge in [0.2, 0.25) is 0 Å². The first-order valence-electron chi connectivity index (χ1n) is 4.21. The molecule has 1 rings (SSSR count). The van der Waals surface area contributed by atoms with E-state index >= 15 is 0 Å². The standard InChI is InChI=1S/C11H11BrO2/c1-3-7(2)10-6-8(12)4-5-9(10)11(13)14/h3-7H,1H2,2H3,(H,13,14). The molecule has 0 bridgehead atoms. The van der Waals surface area contributed by atoms with E-state index in [-0.39, 0.29) is 5.92 Å². The minimum atomic E-state index is -0.902. The van der Waals surface area contributed by atoms with Gasteiger partial charge in [-0.25, -0.2) is 4.79 Å². The third-order valence-electron chi connectivity index (χ3n) is 2.09. The fourth-order valence-electron chi connectivity index (χ4n) is 1.23. The molecule has 2 nitrogen and oxygen atoms in total. The van der Waals surface area contributed by atoms with Crippen LogP contribution in [-0.4, -0.2) is 11.1 Å². The van der Waals surface area contributed by atoms with E-state index in [0.29, 0.717) is 5.56 Å². The maximum absolute atomic E-state index is 10.9. The molecule has 0 fully saturated rings. The van der Waals surface area contributed by atoms with Crippen LogP contribution in [0.2, 0.25) is 0 Å². The molecule has 0 saturated carbocycles. The van der Waals surface area contributed by atoms with Crippen molar-refractivity contribution in [1.29, 1.82) is 0 Å². The van der Waals surface area contributed by atoms with Gasteiger partial charge >= 0.3 is 5.97 Å². The highest BCUT2D eigenvalue weighted by Crippen LogP contribution is 2.24. The van der Waals surface area contributed by atoms with Crippen molar-refractivity contribution in [3.05, 3.63) is 46.5 Å². The van der Waals surface area contributed by atoms with Crippen molar-refractivity contribution in [2.75, 3.05) is 0 Å². The Kier molecular flexibility index (Phi) is 3.47. The molecule has 0 aliphatic rings. The Balaban J connectivity index is 3.29. The summed E-state index contributed by atoms with van der Waals surface area (Å²) in [5.74, 6) is -0.861. The Morgan fingerprint density at radius 1 is 1.64 bits per heavy atom. The summed E-state index contributed by atoms with van der Waals surface area (Å²) in [6.45, 7) is 5.58. The number of hydrogen-bond acceptors (Lipinski definition) is 1. The molecule has 0 aliphatic heterocycles. The molecule has 1 aromatic rings. The van der Waals surface area contributed by atoms with Crippen LogP contribution < -0.4 is 0 Å². The summed E-state index contributed by atoms with van der Waals surface area (Å²) >= 11 is 3.32. The van der Waals surface area contributed by atoms with E-state index in [2.05, 4.69) is 22.5 Å². The van der Waals surface area contributed by atoms with Crippen LogP contribution in [0.15, 0.2) is 35.3 Å². The van der Waals surface area contributed by atoms with Crippen molar-refractivity contribution in [3.63, 3.8) is 0 Å². The highest BCUT2D eigenvalue weighted by atomic mass is 79.9. The molecule has 0 amide bonds. The third kappa shape index (κ3) is 2.23. The molecule has 1 aromatic carbocycles. The Bertz CT molecular complexity index is 372. The van der Waals surface area contributed by atoms with E-state index in [1.807, 2.05) is 13.0 Å². The topological polar surface area (TPSA) is 37.3 Å². The van der Waals surface area contributed by atoms with Crippen molar-refractivity contribution in [1.82, 2.24) is 0 Å². The minimum Gasteiger partial charge on any atom is -0.478 e. The van der Waals surface area contributed by atoms with Gasteiger partial charge in [-0.3, -0.25) is 0 Å². The summed E-state index contributed by atoms with van der Waals surface area (Å²) in [5.41, 5.74) is 1.11. The lowest BCUT2D eigenvalue weighted by Crippen LogP contribution is -2.04. The lowest BCUT2D eigenvalue weighted by atomic mass is 9.96. The fourth-order valence-corrected chi connectivity index (χ4v) is 1.61. The molecule has 0 saturated heterocycles. The summed E-state index contributed by atoms with van der Waals surface area (Å²) in [6.07, 6.45) is 1.73. The van der Waals surface area contributed by atoms with Gasteiger partial charge in [0.25, 0.3) is 0 Å². The Labute approximate surface area is 91.4 Å². The Hall–Kier alpha value is -1.09. The molecule has 0 radical (unpaired) electrons. The summed E-state index contributed by atoms with van der Waals surface area (Å²) in [5, 5.41) is 8.95. The summed E-state index contributed by atoms with van der Waals surface area (Å²) in [7, 11) is 0. The molecule has 0 aliphatic carbocycles. The lowest BCUT2D eigenvalue weighted by Gasteiger charge is -2.10. The van der Waals surface area contributed by atoms with Crippen molar-refractivity contribution in [2.24, 2.45) is 0 Å². The second-order valence-electron chi connectivity index (χ2n) is 3.06. The van der Waals surface area contributed by atoms with E-state index in [0.717, 1.165) is 10.0 Å². The zero-order chi connectivity index (χ0) is 10.7. The highest BCUT2D eigenvalue weighted by molar-refractivity contribution is 9.10. The number of halogens is 1. The van der Waals surface area contributed by atoms with Crippen LogP contribution in [0.5, 0.6) is 0 Å². The monoisotopic (exact) mass is 254 g/mol. The first-order chi connectivity index (χ1) is 6.56. The van der Waals surface area contributed by atoms with E-state index in [1.165, 1.54) is 0 Å². The maximum atomic E-state index is 10.9. The first-order valence-corrected chi connectivity index (χ1v) is 5.01. The number of carbonyl (C=O) groups is 1. The van der Waals surface area contributed by atoms with Gasteiger partial charge in [-0.05, 0) is 29.7 Å². The largest absolute Gasteiger partial charge is 0.478 e. The van der Waals surface area contributed by atoms with Gasteiger partial charge in [-0.1, -0.05) is 28.9 Å². The summed E-state index contributed by atoms with van der Waals surface area (Å²) in [6, 6.07) is 5.14. The van der Waals surface area contributed by atoms with E-state index in [4.69, 9.17) is 5.11 Å². The molecule has 3 heteroatoms. The molecule has 1 unspecified atom stereocenters. The number of benzene rings is 1. The fraction of sp³-hybridized carbons (Fsp3) is 0.182. The quantitative estimate of drug-likeness (QED) is 0.840. The smallest absolute Gasteiger partial charge is 0.335 e. The number of aromatic carboxylic acids is 1. The number of carboxylic acids is 1. The molecule has 1 atom stereocenters. The van der Waals surface area contributed by atoms with Crippen LogP contribution in [-0.2, 0) is 0 Å². The van der Waals surface area contributed by atoms with Crippen LogP contribution in [0.1, 0.15) is 28.8 Å². The Morgan fingerprint density at radius 3 is 2.79 bits per heavy atom. The SMILES string of the molecule is C=CC(C)c1cc(Br)ccc1C(=O)O. The predicted molar refractivity (Wildman–Crippen MR) is 59.7 cm³/mol. The van der Waals surface area contributed by atoms with Crippen molar-refractivity contribution in [2.45, 2.75) is 12.8 Å². The molecular weight excluding hydrogens is 244 g/mol. The van der Waals surface area contributed by atoms with Crippen LogP contribution in [0.3, 0.4) is 0 Å². The van der Waals surface area contributed by atoms with E-state index in [1.54, 1.807) is 18.2 Å². The van der Waals surface area contributed by atoms with Gasteiger partial charge in [0.15, 0.2) is 0 Å². The summed E-state index contributed by atoms with van der Waals surface area (Å²) in [4.78, 5) is 10.9. The normalized spacial score (nSPS) is 12.1. The maximum Gasteiger partial charge on any atom is 0.335 e. The van der Waals surface area contributed by atoms with Crippen LogP contribution in [0.4, 0.5) is 0 Å². The lowest BCUT2D eigenvalue weighted by molar-refractivity contribution is 0.0695. The van der Waals surface area contributed by atoms with E-state index < -0.39 is 5.97 Å². The van der Waals surface area contributed by atoms with E-state index in [9.17, 15) is 4.79 Å². The number of carboxylic acid groups (broad SMARTS) is 1. The second-order valence-corrected chi connectivity index (χ2v) is 3.98. The average Bonchev–Trinajstić information content (AvgIpc) is 2.16. The Morgan fingerprint density at radius 2 is 2.29 bits per heavy atom. The highest BCUT2D eigenvalue weighted by Gasteiger charge is 2.13. The zero-order valence-electron chi connectivity index (χ0n) is 7.83. The molecule has 74 valence electrons. The minimum absolute atomic E-state index is 0.0404. The van der Waals surface area contributed by atoms with Crippen molar-refractivity contribution < 1.29 is 9.90 Å². The number of rotatable bonds is 3. The zero-order valence-corrected chi connectivity index (χ0v) is 9.41. The van der Waals surface area contributed by atoms with Crippen molar-refractivity contribution >= 4 is 21.9 Å². The van der Waals surface area contributed by atoms with Crippen LogP contribution in [0, 0.1) is 0 Å². The van der Waals surface area contributed by atoms with Crippen LogP contribution >= 0.6 is 15.9 Å². The van der Waals surface area contributed by atoms with Gasteiger partial charge in [0.1, 0.15) is 0 Å². The molecular formula is C11H11BrO2. The van der Waals surface area contributed by atoms with Gasteiger partial charge in [-0.2, -0.15) is 0 Å². The van der Waals surface area contributed by atoms with Gasteiger partial charge in [-0.15, -0.1) is 6.58 Å². The molecule has 0 aromatic heterocycles. The van der Waals surface area contributed by atoms with Gasteiger partial charge in [0.05, 0.1) is 5.56 Å².